The van der Waals surface area contributed by atoms with Crippen molar-refractivity contribution < 1.29 is 24.2 Å². The molecule has 0 radical (unpaired) electrons. The molecule has 3 N–H and O–H groups in total. The molecule has 2 aromatic rings. The Bertz CT molecular complexity index is 756. The molecule has 0 saturated heterocycles. The van der Waals surface area contributed by atoms with Crippen molar-refractivity contribution >= 4 is 44.4 Å². The number of ether oxygens (including phenoxy) is 1. The number of thiophene rings is 1. The van der Waals surface area contributed by atoms with Gasteiger partial charge >= 0.3 is 18.0 Å². The Morgan fingerprint density at radius 2 is 2.00 bits per heavy atom. The molecular weight excluding hydrogens is 332 g/mol. The van der Waals surface area contributed by atoms with Crippen LogP contribution < -0.4 is 10.6 Å². The van der Waals surface area contributed by atoms with Gasteiger partial charge in [0.2, 0.25) is 0 Å². The van der Waals surface area contributed by atoms with Crippen LogP contribution in [0.4, 0.5) is 9.80 Å². The number of amides is 2. The van der Waals surface area contributed by atoms with E-state index >= 15 is 0 Å². The summed E-state index contributed by atoms with van der Waals surface area (Å²) >= 11 is 1.28. The van der Waals surface area contributed by atoms with Crippen LogP contribution in [0.2, 0.25) is 0 Å². The first-order valence-corrected chi connectivity index (χ1v) is 8.30. The standard InChI is InChI=1S/C16H18N2O5S/c1-2-23-15(21)13-10-6-3-4-7-11(10)24-14(13)18-16(22)17-9-5-8-12(19)20/h3-4,6-7H,2,5,8-9H2,1H3,(H,19,20)(H2,17,18,22). The van der Waals surface area contributed by atoms with Gasteiger partial charge < -0.3 is 15.2 Å². The van der Waals surface area contributed by atoms with Crippen molar-refractivity contribution in [3.8, 4) is 0 Å². The van der Waals surface area contributed by atoms with E-state index < -0.39 is 18.0 Å². The topological polar surface area (TPSA) is 105 Å². The predicted molar refractivity (Wildman–Crippen MR) is 91.7 cm³/mol. The zero-order valence-electron chi connectivity index (χ0n) is 13.1. The number of carbonyl (C=O) groups is 3. The van der Waals surface area contributed by atoms with E-state index in [9.17, 15) is 14.4 Å². The summed E-state index contributed by atoms with van der Waals surface area (Å²) in [6.45, 7) is 2.19. The Balaban J connectivity index is 2.12. The van der Waals surface area contributed by atoms with Crippen molar-refractivity contribution in [3.63, 3.8) is 0 Å². The number of esters is 1. The SMILES string of the molecule is CCOC(=O)c1c(NC(=O)NCCCC(=O)O)sc2ccccc12. The molecule has 128 valence electrons. The summed E-state index contributed by atoms with van der Waals surface area (Å²) in [7, 11) is 0. The van der Waals surface area contributed by atoms with Crippen LogP contribution in [0.3, 0.4) is 0 Å². The van der Waals surface area contributed by atoms with E-state index in [2.05, 4.69) is 10.6 Å². The summed E-state index contributed by atoms with van der Waals surface area (Å²) in [4.78, 5) is 34.6. The predicted octanol–water partition coefficient (Wildman–Crippen LogP) is 3.06. The number of urea groups is 1. The molecule has 8 heteroatoms. The normalized spacial score (nSPS) is 10.4. The van der Waals surface area contributed by atoms with E-state index in [0.717, 1.165) is 10.1 Å². The lowest BCUT2D eigenvalue weighted by Gasteiger charge is -2.08. The number of anilines is 1. The Labute approximate surface area is 142 Å². The van der Waals surface area contributed by atoms with Gasteiger partial charge in [-0.2, -0.15) is 0 Å². The number of nitrogens with one attached hydrogen (secondary N) is 2. The summed E-state index contributed by atoms with van der Waals surface area (Å²) < 4.78 is 5.93. The summed E-state index contributed by atoms with van der Waals surface area (Å²) in [5.41, 5.74) is 0.332. The van der Waals surface area contributed by atoms with Crippen molar-refractivity contribution in [2.24, 2.45) is 0 Å². The number of carboxylic acids is 1. The van der Waals surface area contributed by atoms with Crippen LogP contribution in [0.25, 0.3) is 10.1 Å². The lowest BCUT2D eigenvalue weighted by atomic mass is 10.1. The second-order valence-electron chi connectivity index (χ2n) is 4.90. The van der Waals surface area contributed by atoms with Crippen molar-refractivity contribution in [1.82, 2.24) is 5.32 Å². The molecule has 0 atom stereocenters. The number of hydrogen-bond acceptors (Lipinski definition) is 5. The number of rotatable bonds is 7. The molecule has 7 nitrogen and oxygen atoms in total. The third-order valence-electron chi connectivity index (χ3n) is 3.16. The van der Waals surface area contributed by atoms with E-state index in [-0.39, 0.29) is 19.6 Å². The molecular formula is C16H18N2O5S. The zero-order chi connectivity index (χ0) is 17.5. The second-order valence-corrected chi connectivity index (χ2v) is 5.95. The maximum absolute atomic E-state index is 12.2. The van der Waals surface area contributed by atoms with Gasteiger partial charge in [-0.3, -0.25) is 10.1 Å². The van der Waals surface area contributed by atoms with Crippen molar-refractivity contribution in [3.05, 3.63) is 29.8 Å². The first-order valence-electron chi connectivity index (χ1n) is 7.48. The number of benzene rings is 1. The fraction of sp³-hybridized carbons (Fsp3) is 0.312. The van der Waals surface area contributed by atoms with Crippen LogP contribution in [-0.2, 0) is 9.53 Å². The van der Waals surface area contributed by atoms with Crippen LogP contribution in [-0.4, -0.2) is 36.2 Å². The number of carboxylic acid groups (broad SMARTS) is 1. The van der Waals surface area contributed by atoms with Gasteiger partial charge in [0.15, 0.2) is 0 Å². The maximum atomic E-state index is 12.2. The summed E-state index contributed by atoms with van der Waals surface area (Å²) in [5, 5.41) is 14.9. The van der Waals surface area contributed by atoms with Crippen LogP contribution in [0.15, 0.2) is 24.3 Å². The molecule has 2 rings (SSSR count). The van der Waals surface area contributed by atoms with E-state index in [1.807, 2.05) is 18.2 Å². The van der Waals surface area contributed by atoms with Gasteiger partial charge in [-0.15, -0.1) is 11.3 Å². The highest BCUT2D eigenvalue weighted by molar-refractivity contribution is 7.23. The third kappa shape index (κ3) is 4.45. The number of hydrogen-bond donors (Lipinski definition) is 3. The first-order chi connectivity index (χ1) is 11.5. The van der Waals surface area contributed by atoms with Crippen molar-refractivity contribution in [2.75, 3.05) is 18.5 Å². The monoisotopic (exact) mass is 350 g/mol. The third-order valence-corrected chi connectivity index (χ3v) is 4.24. The average molecular weight is 350 g/mol. The molecule has 0 unspecified atom stereocenters. The van der Waals surface area contributed by atoms with Gasteiger partial charge in [0.05, 0.1) is 6.61 Å². The minimum Gasteiger partial charge on any atom is -0.481 e. The first kappa shape index (κ1) is 17.7. The molecule has 0 fully saturated rings. The van der Waals surface area contributed by atoms with Crippen LogP contribution >= 0.6 is 11.3 Å². The molecule has 0 bridgehead atoms. The van der Waals surface area contributed by atoms with E-state index in [4.69, 9.17) is 9.84 Å². The Hall–Kier alpha value is -2.61. The van der Waals surface area contributed by atoms with Gasteiger partial charge in [0.1, 0.15) is 10.6 Å². The van der Waals surface area contributed by atoms with Gasteiger partial charge in [-0.25, -0.2) is 9.59 Å². The molecule has 0 aliphatic carbocycles. The molecule has 1 aromatic heterocycles. The molecule has 1 aromatic carbocycles. The highest BCUT2D eigenvalue weighted by Crippen LogP contribution is 2.36. The zero-order valence-corrected chi connectivity index (χ0v) is 13.9. The molecule has 0 spiro atoms. The summed E-state index contributed by atoms with van der Waals surface area (Å²) in [6, 6.07) is 6.83. The highest BCUT2D eigenvalue weighted by Gasteiger charge is 2.21. The van der Waals surface area contributed by atoms with Crippen molar-refractivity contribution in [2.45, 2.75) is 19.8 Å². The van der Waals surface area contributed by atoms with E-state index in [1.54, 1.807) is 13.0 Å². The fourth-order valence-electron chi connectivity index (χ4n) is 2.13. The van der Waals surface area contributed by atoms with Gasteiger partial charge in [-0.1, -0.05) is 18.2 Å². The molecule has 2 amide bonds. The summed E-state index contributed by atoms with van der Waals surface area (Å²) in [6.07, 6.45) is 0.317. The average Bonchev–Trinajstić information content (AvgIpc) is 2.89. The quantitative estimate of drug-likeness (QED) is 0.526. The minimum absolute atomic E-state index is 0.0166. The largest absolute Gasteiger partial charge is 0.481 e. The van der Waals surface area contributed by atoms with E-state index in [1.165, 1.54) is 11.3 Å². The molecule has 0 aliphatic rings. The van der Waals surface area contributed by atoms with Crippen LogP contribution in [0.1, 0.15) is 30.1 Å². The van der Waals surface area contributed by atoms with Gasteiger partial charge in [0.25, 0.3) is 0 Å². The molecule has 0 aliphatic heterocycles. The smallest absolute Gasteiger partial charge is 0.341 e. The fourth-order valence-corrected chi connectivity index (χ4v) is 3.21. The Kier molecular flexibility index (Phi) is 6.14. The van der Waals surface area contributed by atoms with Gasteiger partial charge in [-0.05, 0) is 19.4 Å². The van der Waals surface area contributed by atoms with Crippen LogP contribution in [0, 0.1) is 0 Å². The van der Waals surface area contributed by atoms with Crippen molar-refractivity contribution in [1.29, 1.82) is 0 Å². The Morgan fingerprint density at radius 1 is 1.25 bits per heavy atom. The second kappa shape index (κ2) is 8.30. The molecule has 0 saturated carbocycles. The van der Waals surface area contributed by atoms with E-state index in [0.29, 0.717) is 17.0 Å². The van der Waals surface area contributed by atoms with Crippen LogP contribution in [0.5, 0.6) is 0 Å². The minimum atomic E-state index is -0.911. The maximum Gasteiger partial charge on any atom is 0.341 e. The Morgan fingerprint density at radius 3 is 2.71 bits per heavy atom. The highest BCUT2D eigenvalue weighted by atomic mass is 32.1. The number of fused-ring (bicyclic) bond motifs is 1. The lowest BCUT2D eigenvalue weighted by Crippen LogP contribution is -2.30. The van der Waals surface area contributed by atoms with Gasteiger partial charge in [0, 0.05) is 23.1 Å². The lowest BCUT2D eigenvalue weighted by molar-refractivity contribution is -0.137. The number of carbonyl (C=O) groups excluding carboxylic acids is 2. The molecule has 1 heterocycles. The number of aliphatic carboxylic acids is 1. The summed E-state index contributed by atoms with van der Waals surface area (Å²) in [5.74, 6) is -1.40. The molecule has 24 heavy (non-hydrogen) atoms.